The highest BCUT2D eigenvalue weighted by atomic mass is 32.1. The molecule has 0 radical (unpaired) electrons. The second kappa shape index (κ2) is 9.27. The molecule has 1 aromatic heterocycles. The number of thiocarbonyl (C=S) groups is 1. The molecule has 34 heavy (non-hydrogen) atoms. The number of rotatable bonds is 4. The smallest absolute Gasteiger partial charge is 0.261 e. The number of nitrogens with zero attached hydrogens (tertiary/aromatic N) is 1. The molecule has 1 heterocycles. The van der Waals surface area contributed by atoms with E-state index in [1.807, 2.05) is 43.3 Å². The maximum atomic E-state index is 12.7. The summed E-state index contributed by atoms with van der Waals surface area (Å²) in [6, 6.07) is 19.1. The van der Waals surface area contributed by atoms with Gasteiger partial charge in [0.05, 0.1) is 12.7 Å². The largest absolute Gasteiger partial charge is 0.496 e. The van der Waals surface area contributed by atoms with Crippen molar-refractivity contribution in [3.8, 4) is 17.2 Å². The zero-order valence-corrected chi connectivity index (χ0v) is 20.7. The normalized spacial score (nSPS) is 11.3. The number of amides is 1. The number of hydrogen-bond acceptors (Lipinski definition) is 5. The first kappa shape index (κ1) is 23.4. The van der Waals surface area contributed by atoms with Gasteiger partial charge in [-0.15, -0.1) is 0 Å². The quantitative estimate of drug-likeness (QED) is 0.342. The Balaban J connectivity index is 1.49. The number of nitrogens with one attached hydrogen (secondary N) is 2. The van der Waals surface area contributed by atoms with E-state index in [0.717, 1.165) is 11.1 Å². The predicted octanol–water partition coefficient (Wildman–Crippen LogP) is 6.24. The Morgan fingerprint density at radius 1 is 1.06 bits per heavy atom. The number of methoxy groups -OCH3 is 1. The van der Waals surface area contributed by atoms with Crippen LogP contribution in [0.4, 0.5) is 5.69 Å². The van der Waals surface area contributed by atoms with Gasteiger partial charge in [-0.05, 0) is 72.1 Å². The van der Waals surface area contributed by atoms with Crippen LogP contribution in [0.15, 0.2) is 65.1 Å². The Morgan fingerprint density at radius 2 is 1.79 bits per heavy atom. The van der Waals surface area contributed by atoms with Crippen molar-refractivity contribution in [1.29, 1.82) is 0 Å². The number of hydrogen-bond donors (Lipinski definition) is 2. The third-order valence-electron chi connectivity index (χ3n) is 5.53. The Kier molecular flexibility index (Phi) is 6.39. The van der Waals surface area contributed by atoms with Gasteiger partial charge in [-0.25, -0.2) is 4.98 Å². The predicted molar refractivity (Wildman–Crippen MR) is 140 cm³/mol. The average molecular weight is 474 g/mol. The van der Waals surface area contributed by atoms with Crippen molar-refractivity contribution in [3.63, 3.8) is 0 Å². The topological polar surface area (TPSA) is 76.4 Å². The first-order chi connectivity index (χ1) is 16.2. The number of anilines is 1. The van der Waals surface area contributed by atoms with Crippen molar-refractivity contribution in [2.24, 2.45) is 0 Å². The van der Waals surface area contributed by atoms with Gasteiger partial charge < -0.3 is 14.5 Å². The Bertz CT molecular complexity index is 1370. The van der Waals surface area contributed by atoms with Crippen LogP contribution in [0.2, 0.25) is 0 Å². The van der Waals surface area contributed by atoms with E-state index in [1.165, 1.54) is 12.7 Å². The molecule has 3 aromatic carbocycles. The lowest BCUT2D eigenvalue weighted by Crippen LogP contribution is -2.34. The molecular formula is C27H27N3O3S. The van der Waals surface area contributed by atoms with Crippen molar-refractivity contribution in [1.82, 2.24) is 10.3 Å². The molecule has 6 nitrogen and oxygen atoms in total. The lowest BCUT2D eigenvalue weighted by Gasteiger charge is -2.18. The summed E-state index contributed by atoms with van der Waals surface area (Å²) in [6.07, 6.45) is 0. The number of para-hydroxylation sites is 1. The molecule has 0 unspecified atom stereocenters. The van der Waals surface area contributed by atoms with Crippen molar-refractivity contribution in [2.45, 2.75) is 33.1 Å². The molecule has 0 atom stereocenters. The number of carbonyl (C=O) groups is 1. The molecule has 0 spiro atoms. The van der Waals surface area contributed by atoms with Gasteiger partial charge in [0, 0.05) is 11.3 Å². The first-order valence-electron chi connectivity index (χ1n) is 10.9. The summed E-state index contributed by atoms with van der Waals surface area (Å²) in [5.41, 5.74) is 5.58. The van der Waals surface area contributed by atoms with Gasteiger partial charge in [-0.3, -0.25) is 10.1 Å². The Labute approximate surface area is 204 Å². The van der Waals surface area contributed by atoms with Crippen LogP contribution in [-0.2, 0) is 5.41 Å². The van der Waals surface area contributed by atoms with E-state index in [-0.39, 0.29) is 16.4 Å². The second-order valence-electron chi connectivity index (χ2n) is 9.09. The lowest BCUT2D eigenvalue weighted by molar-refractivity contribution is 0.0974. The third-order valence-corrected chi connectivity index (χ3v) is 5.74. The fraction of sp³-hybridized carbons (Fsp3) is 0.222. The molecule has 2 N–H and O–H groups in total. The highest BCUT2D eigenvalue weighted by molar-refractivity contribution is 7.80. The number of carbonyl (C=O) groups excluding carboxylic acids is 1. The number of fused-ring (bicyclic) bond motifs is 1. The molecule has 4 rings (SSSR count). The lowest BCUT2D eigenvalue weighted by atomic mass is 9.87. The van der Waals surface area contributed by atoms with Crippen molar-refractivity contribution < 1.29 is 13.9 Å². The summed E-state index contributed by atoms with van der Waals surface area (Å²) in [5.74, 6) is 0.728. The molecule has 0 aliphatic carbocycles. The molecule has 4 aromatic rings. The highest BCUT2D eigenvalue weighted by Crippen LogP contribution is 2.29. The second-order valence-corrected chi connectivity index (χ2v) is 9.50. The van der Waals surface area contributed by atoms with E-state index in [4.69, 9.17) is 21.4 Å². The molecule has 0 fully saturated rings. The fourth-order valence-corrected chi connectivity index (χ4v) is 3.89. The van der Waals surface area contributed by atoms with Crippen LogP contribution in [0.3, 0.4) is 0 Å². The fourth-order valence-electron chi connectivity index (χ4n) is 3.68. The molecule has 1 amide bonds. The Hall–Kier alpha value is -3.71. The van der Waals surface area contributed by atoms with Crippen LogP contribution in [0, 0.1) is 6.92 Å². The number of aryl methyl sites for hydroxylation is 1. The van der Waals surface area contributed by atoms with Crippen molar-refractivity contribution in [3.05, 3.63) is 77.4 Å². The molecule has 0 bridgehead atoms. The zero-order valence-electron chi connectivity index (χ0n) is 19.9. The van der Waals surface area contributed by atoms with E-state index in [1.54, 1.807) is 12.1 Å². The van der Waals surface area contributed by atoms with E-state index >= 15 is 0 Å². The molecule has 7 heteroatoms. The van der Waals surface area contributed by atoms with Gasteiger partial charge in [-0.2, -0.15) is 0 Å². The van der Waals surface area contributed by atoms with Crippen LogP contribution in [0.5, 0.6) is 5.75 Å². The van der Waals surface area contributed by atoms with E-state index in [0.29, 0.717) is 34.0 Å². The molecule has 0 saturated carbocycles. The minimum atomic E-state index is -0.346. The minimum Gasteiger partial charge on any atom is -0.496 e. The summed E-state index contributed by atoms with van der Waals surface area (Å²) < 4.78 is 11.3. The van der Waals surface area contributed by atoms with Crippen LogP contribution in [0.1, 0.15) is 42.3 Å². The van der Waals surface area contributed by atoms with Gasteiger partial charge in [-0.1, -0.05) is 45.0 Å². The third kappa shape index (κ3) is 4.94. The average Bonchev–Trinajstić information content (AvgIpc) is 3.21. The van der Waals surface area contributed by atoms with Crippen LogP contribution in [0.25, 0.3) is 22.6 Å². The summed E-state index contributed by atoms with van der Waals surface area (Å²) >= 11 is 5.34. The first-order valence-corrected chi connectivity index (χ1v) is 11.3. The van der Waals surface area contributed by atoms with Crippen molar-refractivity contribution in [2.75, 3.05) is 12.4 Å². The van der Waals surface area contributed by atoms with Gasteiger partial charge in [0.15, 0.2) is 10.7 Å². The zero-order chi connectivity index (χ0) is 24.5. The number of ether oxygens (including phenoxy) is 1. The van der Waals surface area contributed by atoms with E-state index in [9.17, 15) is 4.79 Å². The maximum Gasteiger partial charge on any atom is 0.261 e. The van der Waals surface area contributed by atoms with E-state index < -0.39 is 0 Å². The summed E-state index contributed by atoms with van der Waals surface area (Å²) in [7, 11) is 1.54. The van der Waals surface area contributed by atoms with Crippen molar-refractivity contribution >= 4 is 40.0 Å². The van der Waals surface area contributed by atoms with Gasteiger partial charge in [0.25, 0.3) is 5.91 Å². The van der Waals surface area contributed by atoms with Gasteiger partial charge in [0.1, 0.15) is 11.3 Å². The molecule has 0 aliphatic heterocycles. The Morgan fingerprint density at radius 3 is 2.47 bits per heavy atom. The van der Waals surface area contributed by atoms with E-state index in [2.05, 4.69) is 48.5 Å². The minimum absolute atomic E-state index is 0.0821. The van der Waals surface area contributed by atoms with Crippen LogP contribution in [-0.4, -0.2) is 23.1 Å². The number of aromatic nitrogens is 1. The molecule has 174 valence electrons. The molecule has 0 aliphatic rings. The molecular weight excluding hydrogens is 446 g/mol. The van der Waals surface area contributed by atoms with Gasteiger partial charge in [0.2, 0.25) is 5.89 Å². The summed E-state index contributed by atoms with van der Waals surface area (Å²) in [4.78, 5) is 17.3. The summed E-state index contributed by atoms with van der Waals surface area (Å²) in [6.45, 7) is 8.42. The maximum absolute atomic E-state index is 12.7. The van der Waals surface area contributed by atoms with Gasteiger partial charge >= 0.3 is 0 Å². The highest BCUT2D eigenvalue weighted by Gasteiger charge is 2.17. The van der Waals surface area contributed by atoms with Crippen LogP contribution >= 0.6 is 12.2 Å². The number of benzene rings is 3. The van der Waals surface area contributed by atoms with Crippen LogP contribution < -0.4 is 15.4 Å². The monoisotopic (exact) mass is 473 g/mol. The standard InChI is InChI=1S/C27H27N3O3S/c1-16-7-6-8-20(23(16)32-5)24(31)30-26(34)28-19-13-14-22-21(15-19)29-25(33-22)17-9-11-18(12-10-17)27(2,3)4/h6-15H,1-5H3,(H2,28,30,31,34). The molecule has 0 saturated heterocycles. The summed E-state index contributed by atoms with van der Waals surface area (Å²) in [5, 5.41) is 5.91. The number of oxazole rings is 1. The SMILES string of the molecule is COc1c(C)cccc1C(=O)NC(=S)Nc1ccc2oc(-c3ccc(C(C)(C)C)cc3)nc2c1.